The Balaban J connectivity index is 2.06. The van der Waals surface area contributed by atoms with Gasteiger partial charge >= 0.3 is 0 Å². The van der Waals surface area contributed by atoms with Crippen LogP contribution in [0.1, 0.15) is 38.5 Å². The smallest absolute Gasteiger partial charge is 0.117 e. The average Bonchev–Trinajstić information content (AvgIpc) is 1.94. The van der Waals surface area contributed by atoms with Gasteiger partial charge < -0.3 is 0 Å². The molecule has 86 valence electrons. The first-order valence-corrected chi connectivity index (χ1v) is 5.96. The van der Waals surface area contributed by atoms with Crippen LogP contribution < -0.4 is 0 Å². The molecule has 0 saturated heterocycles. The Morgan fingerprint density at radius 3 is 1.33 bits per heavy atom. The van der Waals surface area contributed by atoms with Crippen molar-refractivity contribution >= 4 is 11.6 Å². The highest BCUT2D eigenvalue weighted by atomic mass is 35.5. The monoisotopic (exact) mass is 238 g/mol. The molecule has 4 aliphatic rings. The summed E-state index contributed by atoms with van der Waals surface area (Å²) in [6.45, 7) is 0. The molecule has 0 spiro atoms. The second-order valence-corrected chi connectivity index (χ2v) is 6.41. The molecule has 4 saturated carbocycles. The van der Waals surface area contributed by atoms with Crippen molar-refractivity contribution in [3.63, 3.8) is 0 Å². The summed E-state index contributed by atoms with van der Waals surface area (Å²) in [7, 11) is 0. The quantitative estimate of drug-likeness (QED) is 0.611. The van der Waals surface area contributed by atoms with Gasteiger partial charge in [0, 0.05) is 25.1 Å². The Morgan fingerprint density at radius 2 is 1.07 bits per heavy atom. The van der Waals surface area contributed by atoms with Gasteiger partial charge in [0.1, 0.15) is 17.0 Å². The largest absolute Gasteiger partial charge is 0.244 e. The molecule has 0 N–H and O–H groups in total. The molecule has 0 aliphatic heterocycles. The third kappa shape index (κ3) is 1.35. The second-order valence-electron chi connectivity index (χ2n) is 6.15. The highest BCUT2D eigenvalue weighted by molar-refractivity contribution is 6.18. The van der Waals surface area contributed by atoms with Crippen LogP contribution in [0, 0.1) is 5.41 Å². The lowest BCUT2D eigenvalue weighted by Crippen LogP contribution is -2.65. The van der Waals surface area contributed by atoms with Crippen molar-refractivity contribution in [1.29, 1.82) is 0 Å². The molecule has 0 unspecified atom stereocenters. The van der Waals surface area contributed by atoms with E-state index in [2.05, 4.69) is 0 Å². The van der Waals surface area contributed by atoms with Crippen LogP contribution in [0.25, 0.3) is 0 Å². The van der Waals surface area contributed by atoms with Crippen molar-refractivity contribution in [2.24, 2.45) is 5.41 Å². The SMILES string of the molecule is FC12CC3(F)CC(F)(C1)CC(CCl)(C2)C3. The zero-order valence-electron chi connectivity index (χ0n) is 8.46. The molecule has 4 rings (SSSR count). The van der Waals surface area contributed by atoms with Crippen LogP contribution in [0.2, 0.25) is 0 Å². The lowest BCUT2D eigenvalue weighted by molar-refractivity contribution is -0.210. The molecule has 0 atom stereocenters. The Bertz CT molecular complexity index is 263. The van der Waals surface area contributed by atoms with Gasteiger partial charge in [-0.25, -0.2) is 13.2 Å². The van der Waals surface area contributed by atoms with Gasteiger partial charge in [0.05, 0.1) is 0 Å². The van der Waals surface area contributed by atoms with Crippen LogP contribution in [-0.4, -0.2) is 22.9 Å². The van der Waals surface area contributed by atoms with Crippen molar-refractivity contribution in [2.45, 2.75) is 55.5 Å². The van der Waals surface area contributed by atoms with Gasteiger partial charge in [-0.2, -0.15) is 0 Å². The molecule has 0 radical (unpaired) electrons. The molecule has 0 amide bonds. The first-order chi connectivity index (χ1) is 6.80. The summed E-state index contributed by atoms with van der Waals surface area (Å²) >= 11 is 5.81. The molecule has 0 aromatic rings. The normalized spacial score (nSPS) is 62.4. The van der Waals surface area contributed by atoms with Gasteiger partial charge in [-0.15, -0.1) is 11.6 Å². The fourth-order valence-corrected chi connectivity index (χ4v) is 4.89. The zero-order valence-corrected chi connectivity index (χ0v) is 9.22. The third-order valence-electron chi connectivity index (χ3n) is 4.26. The van der Waals surface area contributed by atoms with E-state index in [9.17, 15) is 13.2 Å². The maximum atomic E-state index is 14.3. The Kier molecular flexibility index (Phi) is 1.70. The third-order valence-corrected chi connectivity index (χ3v) is 4.83. The van der Waals surface area contributed by atoms with Crippen molar-refractivity contribution in [2.75, 3.05) is 5.88 Å². The molecule has 4 fully saturated rings. The maximum absolute atomic E-state index is 14.3. The van der Waals surface area contributed by atoms with Crippen LogP contribution in [0.4, 0.5) is 13.2 Å². The minimum absolute atomic E-state index is 0.121. The summed E-state index contributed by atoms with van der Waals surface area (Å²) in [6, 6.07) is 0. The lowest BCUT2D eigenvalue weighted by atomic mass is 9.47. The molecular weight excluding hydrogens is 225 g/mol. The summed E-state index contributed by atoms with van der Waals surface area (Å²) in [4.78, 5) is 0. The number of rotatable bonds is 1. The summed E-state index contributed by atoms with van der Waals surface area (Å²) in [5.41, 5.74) is -5.57. The van der Waals surface area contributed by atoms with E-state index >= 15 is 0 Å². The summed E-state index contributed by atoms with van der Waals surface area (Å²) in [5.74, 6) is 0.177. The number of hydrogen-bond donors (Lipinski definition) is 0. The first-order valence-electron chi connectivity index (χ1n) is 5.43. The highest BCUT2D eigenvalue weighted by Gasteiger charge is 2.70. The number of alkyl halides is 4. The van der Waals surface area contributed by atoms with Gasteiger partial charge in [-0.3, -0.25) is 0 Å². The van der Waals surface area contributed by atoms with Crippen LogP contribution in [-0.2, 0) is 0 Å². The lowest BCUT2D eigenvalue weighted by Gasteiger charge is -2.62. The topological polar surface area (TPSA) is 0 Å². The van der Waals surface area contributed by atoms with E-state index in [1.54, 1.807) is 0 Å². The number of halogens is 4. The first kappa shape index (κ1) is 10.2. The summed E-state index contributed by atoms with van der Waals surface area (Å²) in [6.07, 6.45) is 0.390. The van der Waals surface area contributed by atoms with Gasteiger partial charge in [-0.05, 0) is 24.7 Å². The molecular formula is C11H14ClF3. The van der Waals surface area contributed by atoms with E-state index in [1.807, 2.05) is 0 Å². The molecule has 0 aromatic carbocycles. The zero-order chi connectivity index (χ0) is 10.9. The Labute approximate surface area is 92.2 Å². The van der Waals surface area contributed by atoms with Gasteiger partial charge in [0.25, 0.3) is 0 Å². The van der Waals surface area contributed by atoms with E-state index in [-0.39, 0.29) is 44.4 Å². The average molecular weight is 239 g/mol. The fourth-order valence-electron chi connectivity index (χ4n) is 4.61. The standard InChI is InChI=1S/C11H14ClF3/c12-7-8-1-9(13)4-10(14,2-8)6-11(15,3-8)5-9/h1-7H2. The van der Waals surface area contributed by atoms with E-state index in [0.29, 0.717) is 0 Å². The Morgan fingerprint density at radius 1 is 0.733 bits per heavy atom. The van der Waals surface area contributed by atoms with E-state index < -0.39 is 22.4 Å². The highest BCUT2D eigenvalue weighted by Crippen LogP contribution is 2.68. The predicted molar refractivity (Wildman–Crippen MR) is 52.4 cm³/mol. The molecule has 15 heavy (non-hydrogen) atoms. The van der Waals surface area contributed by atoms with Crippen LogP contribution >= 0.6 is 11.6 Å². The second kappa shape index (κ2) is 2.49. The molecule has 0 heterocycles. The van der Waals surface area contributed by atoms with E-state index in [0.717, 1.165) is 0 Å². The molecule has 4 heteroatoms. The number of hydrogen-bond acceptors (Lipinski definition) is 0. The molecule has 0 aromatic heterocycles. The summed E-state index contributed by atoms with van der Waals surface area (Å²) < 4.78 is 42.8. The van der Waals surface area contributed by atoms with Crippen LogP contribution in [0.5, 0.6) is 0 Å². The van der Waals surface area contributed by atoms with Crippen LogP contribution in [0.3, 0.4) is 0 Å². The van der Waals surface area contributed by atoms with Crippen LogP contribution in [0.15, 0.2) is 0 Å². The van der Waals surface area contributed by atoms with Crippen molar-refractivity contribution in [3.05, 3.63) is 0 Å². The predicted octanol–water partition coefficient (Wildman–Crippen LogP) is 3.72. The Hall–Kier alpha value is 0.0800. The summed E-state index contributed by atoms with van der Waals surface area (Å²) in [5, 5.41) is 0. The van der Waals surface area contributed by atoms with E-state index in [4.69, 9.17) is 11.6 Å². The van der Waals surface area contributed by atoms with Crippen molar-refractivity contribution < 1.29 is 13.2 Å². The van der Waals surface area contributed by atoms with Gasteiger partial charge in [0.15, 0.2) is 0 Å². The molecule has 4 aliphatic carbocycles. The van der Waals surface area contributed by atoms with E-state index in [1.165, 1.54) is 0 Å². The minimum atomic E-state index is -1.65. The molecule has 0 nitrogen and oxygen atoms in total. The van der Waals surface area contributed by atoms with Crippen molar-refractivity contribution in [1.82, 2.24) is 0 Å². The van der Waals surface area contributed by atoms with Crippen molar-refractivity contribution in [3.8, 4) is 0 Å². The van der Waals surface area contributed by atoms with Gasteiger partial charge in [-0.1, -0.05) is 0 Å². The van der Waals surface area contributed by atoms with Gasteiger partial charge in [0.2, 0.25) is 0 Å². The maximum Gasteiger partial charge on any atom is 0.117 e. The minimum Gasteiger partial charge on any atom is -0.244 e. The fraction of sp³-hybridized carbons (Fsp3) is 1.00. The molecule has 4 bridgehead atoms.